The summed E-state index contributed by atoms with van der Waals surface area (Å²) in [4.78, 5) is 18.3. The molecule has 6 nitrogen and oxygen atoms in total. The molecule has 0 saturated heterocycles. The summed E-state index contributed by atoms with van der Waals surface area (Å²) in [6.07, 6.45) is -3.40. The number of nitrogens with zero attached hydrogens (tertiary/aromatic N) is 2. The van der Waals surface area contributed by atoms with E-state index in [0.29, 0.717) is 22.4 Å². The SMILES string of the molecule is CCC(=O)N(Cc1ccc(C(F)(F)F)nc1-c1cccc(C)c1)c1cccc(CNS(C)(=O)=O)c1. The number of carbonyl (C=O) groups is 1. The van der Waals surface area contributed by atoms with Gasteiger partial charge in [0.25, 0.3) is 0 Å². The van der Waals surface area contributed by atoms with Crippen molar-refractivity contribution in [3.63, 3.8) is 0 Å². The highest BCUT2D eigenvalue weighted by Gasteiger charge is 2.33. The normalized spacial score (nSPS) is 11.9. The first kappa shape index (κ1) is 26.4. The van der Waals surface area contributed by atoms with E-state index in [1.54, 1.807) is 49.4 Å². The smallest absolute Gasteiger partial charge is 0.308 e. The van der Waals surface area contributed by atoms with Gasteiger partial charge in [0.1, 0.15) is 5.69 Å². The van der Waals surface area contributed by atoms with E-state index in [4.69, 9.17) is 0 Å². The lowest BCUT2D eigenvalue weighted by Gasteiger charge is -2.25. The number of rotatable bonds is 8. The summed E-state index contributed by atoms with van der Waals surface area (Å²) >= 11 is 0. The van der Waals surface area contributed by atoms with Crippen molar-refractivity contribution < 1.29 is 26.4 Å². The van der Waals surface area contributed by atoms with Gasteiger partial charge < -0.3 is 4.90 Å². The molecular weight excluding hydrogens is 479 g/mol. The van der Waals surface area contributed by atoms with Crippen LogP contribution >= 0.6 is 0 Å². The van der Waals surface area contributed by atoms with Gasteiger partial charge in [-0.25, -0.2) is 18.1 Å². The lowest BCUT2D eigenvalue weighted by Crippen LogP contribution is -2.30. The minimum atomic E-state index is -4.61. The monoisotopic (exact) mass is 505 g/mol. The van der Waals surface area contributed by atoms with Crippen LogP contribution in [0.5, 0.6) is 0 Å². The molecule has 186 valence electrons. The highest BCUT2D eigenvalue weighted by Crippen LogP contribution is 2.33. The zero-order chi connectivity index (χ0) is 25.8. The minimum absolute atomic E-state index is 0.00988. The molecule has 1 heterocycles. The zero-order valence-electron chi connectivity index (χ0n) is 19.6. The predicted molar refractivity (Wildman–Crippen MR) is 129 cm³/mol. The van der Waals surface area contributed by atoms with Gasteiger partial charge in [0.05, 0.1) is 18.5 Å². The van der Waals surface area contributed by atoms with Crippen molar-refractivity contribution in [2.45, 2.75) is 39.5 Å². The Hall–Kier alpha value is -3.24. The third-order valence-electron chi connectivity index (χ3n) is 5.25. The van der Waals surface area contributed by atoms with E-state index in [-0.39, 0.29) is 31.1 Å². The van der Waals surface area contributed by atoms with Crippen molar-refractivity contribution in [2.75, 3.05) is 11.2 Å². The van der Waals surface area contributed by atoms with Crippen LogP contribution in [0, 0.1) is 6.92 Å². The minimum Gasteiger partial charge on any atom is -0.308 e. The fourth-order valence-corrected chi connectivity index (χ4v) is 3.98. The van der Waals surface area contributed by atoms with Crippen LogP contribution in [0.3, 0.4) is 0 Å². The van der Waals surface area contributed by atoms with Crippen molar-refractivity contribution in [1.29, 1.82) is 0 Å². The molecule has 0 bridgehead atoms. The number of pyridine rings is 1. The maximum atomic E-state index is 13.4. The van der Waals surface area contributed by atoms with Crippen molar-refractivity contribution in [1.82, 2.24) is 9.71 Å². The Balaban J connectivity index is 2.05. The van der Waals surface area contributed by atoms with Gasteiger partial charge >= 0.3 is 6.18 Å². The third-order valence-corrected chi connectivity index (χ3v) is 5.92. The number of aryl methyl sites for hydroxylation is 1. The molecule has 1 aromatic heterocycles. The zero-order valence-corrected chi connectivity index (χ0v) is 20.4. The number of halogens is 3. The number of sulfonamides is 1. The maximum Gasteiger partial charge on any atom is 0.433 e. The Kier molecular flexibility index (Phi) is 7.97. The highest BCUT2D eigenvalue weighted by atomic mass is 32.2. The highest BCUT2D eigenvalue weighted by molar-refractivity contribution is 7.88. The van der Waals surface area contributed by atoms with Crippen LogP contribution in [0.1, 0.15) is 35.7 Å². The molecule has 0 radical (unpaired) electrons. The van der Waals surface area contributed by atoms with Crippen molar-refractivity contribution in [3.8, 4) is 11.3 Å². The van der Waals surface area contributed by atoms with Gasteiger partial charge in [-0.15, -0.1) is 0 Å². The number of hydrogen-bond acceptors (Lipinski definition) is 4. The van der Waals surface area contributed by atoms with E-state index in [0.717, 1.165) is 17.9 Å². The van der Waals surface area contributed by atoms with E-state index >= 15 is 0 Å². The molecule has 0 aliphatic heterocycles. The van der Waals surface area contributed by atoms with Crippen molar-refractivity contribution in [3.05, 3.63) is 83.0 Å². The molecule has 0 aliphatic rings. The van der Waals surface area contributed by atoms with Gasteiger partial charge in [-0.3, -0.25) is 4.79 Å². The molecule has 1 N–H and O–H groups in total. The molecule has 3 rings (SSSR count). The number of amides is 1. The van der Waals surface area contributed by atoms with Gasteiger partial charge in [0, 0.05) is 24.2 Å². The summed E-state index contributed by atoms with van der Waals surface area (Å²) in [5.74, 6) is -0.242. The molecule has 10 heteroatoms. The number of carbonyl (C=O) groups excluding carboxylic acids is 1. The first-order chi connectivity index (χ1) is 16.4. The standard InChI is InChI=1S/C25H26F3N3O3S/c1-4-23(32)31(21-10-6-8-18(14-21)15-29-35(3,33)34)16-20-11-12-22(25(26,27)28)30-24(20)19-9-5-7-17(2)13-19/h5-14,29H,4,15-16H2,1-3H3. The first-order valence-corrected chi connectivity index (χ1v) is 12.7. The fourth-order valence-electron chi connectivity index (χ4n) is 3.55. The summed E-state index contributed by atoms with van der Waals surface area (Å²) in [6, 6.07) is 16.0. The molecular formula is C25H26F3N3O3S. The molecule has 0 fully saturated rings. The number of nitrogens with one attached hydrogen (secondary N) is 1. The molecule has 0 atom stereocenters. The summed E-state index contributed by atoms with van der Waals surface area (Å²) in [6.45, 7) is 3.55. The fraction of sp³-hybridized carbons (Fsp3) is 0.280. The average Bonchev–Trinajstić information content (AvgIpc) is 2.80. The topological polar surface area (TPSA) is 79.4 Å². The molecule has 0 aliphatic carbocycles. The van der Waals surface area contributed by atoms with Gasteiger partial charge in [0.2, 0.25) is 15.9 Å². The molecule has 0 unspecified atom stereocenters. The van der Waals surface area contributed by atoms with Crippen molar-refractivity contribution in [2.24, 2.45) is 0 Å². The Morgan fingerprint density at radius 1 is 1.06 bits per heavy atom. The maximum absolute atomic E-state index is 13.4. The lowest BCUT2D eigenvalue weighted by atomic mass is 10.0. The molecule has 0 spiro atoms. The Morgan fingerprint density at radius 2 is 1.77 bits per heavy atom. The second-order valence-electron chi connectivity index (χ2n) is 8.17. The van der Waals surface area contributed by atoms with E-state index in [1.807, 2.05) is 13.0 Å². The van der Waals surface area contributed by atoms with Crippen LogP contribution in [-0.2, 0) is 34.1 Å². The Labute approximate surface area is 202 Å². The second-order valence-corrected chi connectivity index (χ2v) is 10.0. The molecule has 1 amide bonds. The largest absolute Gasteiger partial charge is 0.433 e. The third kappa shape index (κ3) is 7.12. The summed E-state index contributed by atoms with van der Waals surface area (Å²) in [5, 5.41) is 0. The molecule has 0 saturated carbocycles. The number of hydrogen-bond donors (Lipinski definition) is 1. The van der Waals surface area contributed by atoms with Crippen LogP contribution < -0.4 is 9.62 Å². The van der Waals surface area contributed by atoms with E-state index < -0.39 is 21.9 Å². The van der Waals surface area contributed by atoms with Crippen LogP contribution in [0.4, 0.5) is 18.9 Å². The second kappa shape index (κ2) is 10.6. The van der Waals surface area contributed by atoms with E-state index in [1.165, 1.54) is 11.0 Å². The molecule has 3 aromatic rings. The Morgan fingerprint density at radius 3 is 2.40 bits per heavy atom. The summed E-state index contributed by atoms with van der Waals surface area (Å²) in [5.41, 5.74) is 2.09. The van der Waals surface area contributed by atoms with E-state index in [2.05, 4.69) is 9.71 Å². The van der Waals surface area contributed by atoms with Gasteiger partial charge in [0.15, 0.2) is 0 Å². The van der Waals surface area contributed by atoms with Crippen LogP contribution in [0.25, 0.3) is 11.3 Å². The number of aromatic nitrogens is 1. The van der Waals surface area contributed by atoms with Crippen molar-refractivity contribution >= 4 is 21.6 Å². The first-order valence-electron chi connectivity index (χ1n) is 10.9. The molecule has 2 aromatic carbocycles. The average molecular weight is 506 g/mol. The molecule has 35 heavy (non-hydrogen) atoms. The summed E-state index contributed by atoms with van der Waals surface area (Å²) < 4.78 is 65.6. The Bertz CT molecular complexity index is 1320. The van der Waals surface area contributed by atoms with Gasteiger partial charge in [-0.05, 0) is 42.3 Å². The summed E-state index contributed by atoms with van der Waals surface area (Å²) in [7, 11) is -3.41. The van der Waals surface area contributed by atoms with Crippen LogP contribution in [0.2, 0.25) is 0 Å². The van der Waals surface area contributed by atoms with Gasteiger partial charge in [-0.2, -0.15) is 13.2 Å². The lowest BCUT2D eigenvalue weighted by molar-refractivity contribution is -0.141. The van der Waals surface area contributed by atoms with Gasteiger partial charge in [-0.1, -0.05) is 48.9 Å². The van der Waals surface area contributed by atoms with E-state index in [9.17, 15) is 26.4 Å². The number of benzene rings is 2. The predicted octanol–water partition coefficient (Wildman–Crippen LogP) is 5.07. The quantitative estimate of drug-likeness (QED) is 0.464. The number of alkyl halides is 3. The number of anilines is 1. The van der Waals surface area contributed by atoms with Crippen LogP contribution in [0.15, 0.2) is 60.7 Å². The van der Waals surface area contributed by atoms with Crippen LogP contribution in [-0.4, -0.2) is 25.6 Å².